The maximum Gasteiger partial charge on any atom is 0.305 e. The number of oxazole rings is 1. The monoisotopic (exact) mass is 501 g/mol. The maximum atomic E-state index is 11.4. The number of benzene rings is 3. The molecule has 0 aliphatic rings. The van der Waals surface area contributed by atoms with Crippen molar-refractivity contribution in [3.8, 4) is 28.3 Å². The number of aromatic nitrogens is 1. The van der Waals surface area contributed by atoms with Gasteiger partial charge in [-0.3, -0.25) is 4.79 Å². The van der Waals surface area contributed by atoms with Crippen molar-refractivity contribution in [1.82, 2.24) is 4.98 Å². The van der Waals surface area contributed by atoms with E-state index < -0.39 is 0 Å². The number of carbonyl (C=O) groups excluding carboxylic acids is 1. The Morgan fingerprint density at radius 3 is 2.50 bits per heavy atom. The third-order valence-corrected chi connectivity index (χ3v) is 6.77. The molecule has 0 N–H and O–H groups in total. The van der Waals surface area contributed by atoms with Gasteiger partial charge in [0.25, 0.3) is 0 Å². The molecule has 0 saturated heterocycles. The third kappa shape index (κ3) is 5.82. The van der Waals surface area contributed by atoms with Gasteiger partial charge in [0.2, 0.25) is 5.89 Å². The summed E-state index contributed by atoms with van der Waals surface area (Å²) >= 11 is 4.82. The summed E-state index contributed by atoms with van der Waals surface area (Å²) in [4.78, 5) is 17.1. The second kappa shape index (κ2) is 11.5. The van der Waals surface area contributed by atoms with Crippen LogP contribution in [-0.4, -0.2) is 24.7 Å². The number of ether oxygens (including phenoxy) is 2. The lowest BCUT2D eigenvalue weighted by molar-refractivity contribution is -0.140. The molecule has 0 bridgehead atoms. The minimum absolute atomic E-state index is 0.0301. The molecule has 1 heterocycles. The third-order valence-electron chi connectivity index (χ3n) is 6.29. The van der Waals surface area contributed by atoms with Crippen molar-refractivity contribution in [2.45, 2.75) is 44.4 Å². The topological polar surface area (TPSA) is 61.6 Å². The number of nitrogens with zero attached hydrogens (tertiary/aromatic N) is 1. The molecule has 0 saturated carbocycles. The molecule has 5 nitrogen and oxygen atoms in total. The quantitative estimate of drug-likeness (QED) is 0.194. The van der Waals surface area contributed by atoms with Gasteiger partial charge in [0.05, 0.1) is 25.0 Å². The van der Waals surface area contributed by atoms with Crippen molar-refractivity contribution in [1.29, 1.82) is 0 Å². The molecule has 0 amide bonds. The van der Waals surface area contributed by atoms with Gasteiger partial charge >= 0.3 is 5.97 Å². The predicted octanol–water partition coefficient (Wildman–Crippen LogP) is 7.20. The van der Waals surface area contributed by atoms with Gasteiger partial charge in [0.15, 0.2) is 0 Å². The number of carbonyl (C=O) groups is 1. The largest absolute Gasteiger partial charge is 0.493 e. The highest BCUT2D eigenvalue weighted by Crippen LogP contribution is 2.36. The number of rotatable bonds is 9. The summed E-state index contributed by atoms with van der Waals surface area (Å²) in [6.45, 7) is 6.50. The van der Waals surface area contributed by atoms with Crippen LogP contribution in [0.25, 0.3) is 22.6 Å². The molecule has 1 aromatic heterocycles. The van der Waals surface area contributed by atoms with Crippen LogP contribution in [0.3, 0.4) is 0 Å². The Hall–Kier alpha value is -3.51. The van der Waals surface area contributed by atoms with Gasteiger partial charge in [-0.2, -0.15) is 0 Å². The van der Waals surface area contributed by atoms with E-state index in [2.05, 4.69) is 25.1 Å². The van der Waals surface area contributed by atoms with E-state index in [1.807, 2.05) is 62.4 Å². The van der Waals surface area contributed by atoms with E-state index in [0.717, 1.165) is 49.9 Å². The fourth-order valence-electron chi connectivity index (χ4n) is 4.22. The second-order valence-corrected chi connectivity index (χ2v) is 9.35. The van der Waals surface area contributed by atoms with Crippen molar-refractivity contribution >= 4 is 18.6 Å². The van der Waals surface area contributed by atoms with E-state index in [0.29, 0.717) is 25.3 Å². The Morgan fingerprint density at radius 2 is 1.78 bits per heavy atom. The average Bonchev–Trinajstić information content (AvgIpc) is 3.28. The minimum atomic E-state index is -0.206. The molecule has 1 atom stereocenters. The minimum Gasteiger partial charge on any atom is -0.493 e. The van der Waals surface area contributed by atoms with Gasteiger partial charge in [-0.15, -0.1) is 12.6 Å². The summed E-state index contributed by atoms with van der Waals surface area (Å²) in [5.74, 6) is 1.94. The van der Waals surface area contributed by atoms with Crippen molar-refractivity contribution < 1.29 is 18.7 Å². The number of hydrogen-bond donors (Lipinski definition) is 1. The van der Waals surface area contributed by atoms with Gasteiger partial charge in [-0.25, -0.2) is 4.98 Å². The highest BCUT2D eigenvalue weighted by molar-refractivity contribution is 7.80. The summed E-state index contributed by atoms with van der Waals surface area (Å²) in [7, 11) is 1.41. The molecule has 0 radical (unpaired) electrons. The SMILES string of the molecule is COC(=O)CCc1ccc(OCC(C)c2nc(-c3cccc(-c4ccccc4)c3S)oc2C)cc1C. The highest BCUT2D eigenvalue weighted by Gasteiger charge is 2.20. The number of aryl methyl sites for hydroxylation is 3. The first kappa shape index (κ1) is 25.6. The summed E-state index contributed by atoms with van der Waals surface area (Å²) < 4.78 is 16.9. The zero-order chi connectivity index (χ0) is 25.7. The highest BCUT2D eigenvalue weighted by atomic mass is 32.1. The predicted molar refractivity (Wildman–Crippen MR) is 145 cm³/mol. The first-order chi connectivity index (χ1) is 17.4. The Bertz CT molecular complexity index is 1350. The summed E-state index contributed by atoms with van der Waals surface area (Å²) in [6, 6.07) is 22.1. The summed E-state index contributed by atoms with van der Waals surface area (Å²) in [5.41, 5.74) is 6.06. The van der Waals surface area contributed by atoms with Crippen LogP contribution in [0.4, 0.5) is 0 Å². The van der Waals surface area contributed by atoms with Gasteiger partial charge in [-0.1, -0.05) is 55.5 Å². The maximum absolute atomic E-state index is 11.4. The molecule has 36 heavy (non-hydrogen) atoms. The number of methoxy groups -OCH3 is 1. The number of thiol groups is 1. The first-order valence-corrected chi connectivity index (χ1v) is 12.5. The van der Waals surface area contributed by atoms with Gasteiger partial charge in [0, 0.05) is 17.2 Å². The van der Waals surface area contributed by atoms with Crippen molar-refractivity contribution in [2.24, 2.45) is 0 Å². The smallest absolute Gasteiger partial charge is 0.305 e. The fourth-order valence-corrected chi connectivity index (χ4v) is 4.60. The van der Waals surface area contributed by atoms with Crippen LogP contribution in [0, 0.1) is 13.8 Å². The molecule has 0 spiro atoms. The Kier molecular flexibility index (Phi) is 8.16. The molecule has 186 valence electrons. The van der Waals surface area contributed by atoms with E-state index in [9.17, 15) is 4.79 Å². The standard InChI is InChI=1S/C30H31NO4S/c1-19-17-24(15-13-22(19)14-16-27(32)33-4)34-18-20(2)28-21(3)35-30(31-28)26-12-8-11-25(29(26)36)23-9-6-5-7-10-23/h5-13,15,17,20,36H,14,16,18H2,1-4H3. The molecule has 0 aliphatic heterocycles. The zero-order valence-corrected chi connectivity index (χ0v) is 22.0. The van der Waals surface area contributed by atoms with E-state index in [4.69, 9.17) is 31.5 Å². The molecule has 3 aromatic carbocycles. The number of esters is 1. The van der Waals surface area contributed by atoms with Crippen LogP contribution < -0.4 is 4.74 Å². The molecule has 0 fully saturated rings. The van der Waals surface area contributed by atoms with Gasteiger partial charge in [0.1, 0.15) is 11.5 Å². The van der Waals surface area contributed by atoms with Gasteiger partial charge < -0.3 is 13.9 Å². The van der Waals surface area contributed by atoms with Crippen LogP contribution in [0.2, 0.25) is 0 Å². The van der Waals surface area contributed by atoms with Crippen LogP contribution in [0.1, 0.15) is 41.8 Å². The Balaban J connectivity index is 1.46. The molecular formula is C30H31NO4S. The zero-order valence-electron chi connectivity index (χ0n) is 21.1. The van der Waals surface area contributed by atoms with Crippen molar-refractivity contribution in [3.63, 3.8) is 0 Å². The first-order valence-electron chi connectivity index (χ1n) is 12.0. The lowest BCUT2D eigenvalue weighted by Gasteiger charge is -2.13. The molecule has 4 aromatic rings. The lowest BCUT2D eigenvalue weighted by Crippen LogP contribution is -2.09. The fraction of sp³-hybridized carbons (Fsp3) is 0.267. The van der Waals surface area contributed by atoms with Crippen LogP contribution >= 0.6 is 12.6 Å². The Morgan fingerprint density at radius 1 is 1.03 bits per heavy atom. The summed E-state index contributed by atoms with van der Waals surface area (Å²) in [5, 5.41) is 0. The second-order valence-electron chi connectivity index (χ2n) is 8.90. The lowest BCUT2D eigenvalue weighted by atomic mass is 10.0. The number of hydrogen-bond acceptors (Lipinski definition) is 6. The van der Waals surface area contributed by atoms with Gasteiger partial charge in [-0.05, 0) is 60.7 Å². The van der Waals surface area contributed by atoms with Crippen LogP contribution in [0.5, 0.6) is 5.75 Å². The van der Waals surface area contributed by atoms with E-state index in [-0.39, 0.29) is 11.9 Å². The average molecular weight is 502 g/mol. The van der Waals surface area contributed by atoms with E-state index in [1.165, 1.54) is 7.11 Å². The summed E-state index contributed by atoms with van der Waals surface area (Å²) in [6.07, 6.45) is 1.01. The van der Waals surface area contributed by atoms with Crippen LogP contribution in [-0.2, 0) is 16.0 Å². The molecule has 1 unspecified atom stereocenters. The molecule has 0 aliphatic carbocycles. The molecule has 4 rings (SSSR count). The molecule has 6 heteroatoms. The normalized spacial score (nSPS) is 11.8. The van der Waals surface area contributed by atoms with Crippen molar-refractivity contribution in [3.05, 3.63) is 89.3 Å². The molecular weight excluding hydrogens is 470 g/mol. The van der Waals surface area contributed by atoms with E-state index >= 15 is 0 Å². The Labute approximate surface area is 217 Å². The van der Waals surface area contributed by atoms with Crippen LogP contribution in [0.15, 0.2) is 76.0 Å². The van der Waals surface area contributed by atoms with Crippen molar-refractivity contribution in [2.75, 3.05) is 13.7 Å². The van der Waals surface area contributed by atoms with E-state index in [1.54, 1.807) is 0 Å².